The lowest BCUT2D eigenvalue weighted by atomic mass is 10.2. The van der Waals surface area contributed by atoms with Gasteiger partial charge >= 0.3 is 0 Å². The third-order valence-corrected chi connectivity index (χ3v) is 5.04. The lowest BCUT2D eigenvalue weighted by Crippen LogP contribution is -2.56. The summed E-state index contributed by atoms with van der Waals surface area (Å²) in [5.74, 6) is 0. The predicted molar refractivity (Wildman–Crippen MR) is 66.1 cm³/mol. The van der Waals surface area contributed by atoms with Crippen molar-refractivity contribution in [2.45, 2.75) is 10.9 Å². The van der Waals surface area contributed by atoms with Crippen molar-refractivity contribution >= 4 is 37.6 Å². The molecule has 1 aliphatic heterocycles. The van der Waals surface area contributed by atoms with Gasteiger partial charge in [0.05, 0.1) is 9.92 Å². The van der Waals surface area contributed by atoms with Crippen LogP contribution in [-0.4, -0.2) is 27.5 Å². The number of sulfonamides is 1. The Bertz CT molecular complexity index is 502. The van der Waals surface area contributed by atoms with Gasteiger partial charge < -0.3 is 5.32 Å². The topological polar surface area (TPSA) is 58.2 Å². The molecular formula is C9H10BrClN2O2S. The van der Waals surface area contributed by atoms with E-state index >= 15 is 0 Å². The molecule has 7 heteroatoms. The summed E-state index contributed by atoms with van der Waals surface area (Å²) < 4.78 is 27.0. The number of rotatable bonds is 3. The van der Waals surface area contributed by atoms with Crippen LogP contribution in [-0.2, 0) is 10.0 Å². The fraction of sp³-hybridized carbons (Fsp3) is 0.333. The molecule has 1 aromatic carbocycles. The molecule has 2 N–H and O–H groups in total. The molecule has 0 bridgehead atoms. The van der Waals surface area contributed by atoms with E-state index in [0.717, 1.165) is 0 Å². The molecule has 2 rings (SSSR count). The molecular weight excluding hydrogens is 316 g/mol. The van der Waals surface area contributed by atoms with Crippen LogP contribution in [0.4, 0.5) is 0 Å². The Kier molecular flexibility index (Phi) is 3.56. The first kappa shape index (κ1) is 12.3. The van der Waals surface area contributed by atoms with Crippen LogP contribution in [0.2, 0.25) is 5.02 Å². The summed E-state index contributed by atoms with van der Waals surface area (Å²) in [4.78, 5) is 0.218. The number of hydrogen-bond acceptors (Lipinski definition) is 3. The van der Waals surface area contributed by atoms with Gasteiger partial charge in [0.1, 0.15) is 0 Å². The Hall–Kier alpha value is -0.140. The summed E-state index contributed by atoms with van der Waals surface area (Å²) in [6.07, 6.45) is 0. The predicted octanol–water partition coefficient (Wildman–Crippen LogP) is 1.35. The van der Waals surface area contributed by atoms with E-state index in [-0.39, 0.29) is 10.9 Å². The monoisotopic (exact) mass is 324 g/mol. The average molecular weight is 326 g/mol. The van der Waals surface area contributed by atoms with Crippen LogP contribution in [0.1, 0.15) is 0 Å². The van der Waals surface area contributed by atoms with Crippen molar-refractivity contribution in [2.75, 3.05) is 13.1 Å². The molecule has 0 saturated carbocycles. The summed E-state index contributed by atoms with van der Waals surface area (Å²) in [7, 11) is -3.44. The highest BCUT2D eigenvalue weighted by Gasteiger charge is 2.24. The van der Waals surface area contributed by atoms with Gasteiger partial charge in [-0.1, -0.05) is 11.6 Å². The maximum absolute atomic E-state index is 11.9. The van der Waals surface area contributed by atoms with E-state index in [9.17, 15) is 8.42 Å². The second kappa shape index (κ2) is 4.62. The van der Waals surface area contributed by atoms with E-state index in [2.05, 4.69) is 26.0 Å². The molecule has 16 heavy (non-hydrogen) atoms. The smallest absolute Gasteiger partial charge is 0.240 e. The highest BCUT2D eigenvalue weighted by Crippen LogP contribution is 2.25. The van der Waals surface area contributed by atoms with Gasteiger partial charge in [-0.05, 0) is 34.1 Å². The van der Waals surface area contributed by atoms with Crippen molar-refractivity contribution in [1.82, 2.24) is 10.0 Å². The number of halogens is 2. The SMILES string of the molecule is O=S(=O)(NC1CNC1)c1ccc(Cl)c(Br)c1. The quantitative estimate of drug-likeness (QED) is 0.882. The van der Waals surface area contributed by atoms with Gasteiger partial charge in [-0.25, -0.2) is 13.1 Å². The highest BCUT2D eigenvalue weighted by atomic mass is 79.9. The zero-order chi connectivity index (χ0) is 11.8. The lowest BCUT2D eigenvalue weighted by molar-refractivity contribution is 0.410. The molecule has 1 fully saturated rings. The molecule has 0 atom stereocenters. The first-order valence-corrected chi connectivity index (χ1v) is 7.32. The van der Waals surface area contributed by atoms with Crippen LogP contribution in [0.3, 0.4) is 0 Å². The average Bonchev–Trinajstić information content (AvgIpc) is 2.16. The van der Waals surface area contributed by atoms with Gasteiger partial charge in [0, 0.05) is 23.6 Å². The van der Waals surface area contributed by atoms with Crippen LogP contribution < -0.4 is 10.0 Å². The molecule has 88 valence electrons. The Morgan fingerprint density at radius 2 is 2.12 bits per heavy atom. The molecule has 1 aliphatic rings. The summed E-state index contributed by atoms with van der Waals surface area (Å²) in [6, 6.07) is 4.52. The molecule has 0 amide bonds. The van der Waals surface area contributed by atoms with Crippen molar-refractivity contribution in [3.8, 4) is 0 Å². The van der Waals surface area contributed by atoms with E-state index in [1.165, 1.54) is 12.1 Å². The fourth-order valence-electron chi connectivity index (χ4n) is 1.30. The van der Waals surface area contributed by atoms with Gasteiger partial charge in [-0.15, -0.1) is 0 Å². The summed E-state index contributed by atoms with van der Waals surface area (Å²) >= 11 is 9.00. The van der Waals surface area contributed by atoms with Crippen molar-refractivity contribution in [3.63, 3.8) is 0 Å². The second-order valence-corrected chi connectivity index (χ2v) is 6.53. The maximum atomic E-state index is 11.9. The molecule has 4 nitrogen and oxygen atoms in total. The van der Waals surface area contributed by atoms with E-state index in [4.69, 9.17) is 11.6 Å². The van der Waals surface area contributed by atoms with Crippen LogP contribution in [0.25, 0.3) is 0 Å². The number of benzene rings is 1. The Balaban J connectivity index is 2.24. The summed E-state index contributed by atoms with van der Waals surface area (Å²) in [5.41, 5.74) is 0. The molecule has 0 spiro atoms. The minimum absolute atomic E-state index is 0.0144. The third kappa shape index (κ3) is 2.57. The van der Waals surface area contributed by atoms with Gasteiger partial charge in [0.25, 0.3) is 0 Å². The van der Waals surface area contributed by atoms with Gasteiger partial charge in [-0.2, -0.15) is 0 Å². The molecule has 1 saturated heterocycles. The molecule has 1 heterocycles. The zero-order valence-electron chi connectivity index (χ0n) is 8.20. The van der Waals surface area contributed by atoms with Crippen molar-refractivity contribution in [3.05, 3.63) is 27.7 Å². The van der Waals surface area contributed by atoms with Gasteiger partial charge in [0.15, 0.2) is 0 Å². The maximum Gasteiger partial charge on any atom is 0.240 e. The van der Waals surface area contributed by atoms with Crippen LogP contribution in [0, 0.1) is 0 Å². The van der Waals surface area contributed by atoms with Crippen molar-refractivity contribution < 1.29 is 8.42 Å². The largest absolute Gasteiger partial charge is 0.313 e. The summed E-state index contributed by atoms with van der Waals surface area (Å²) in [5, 5.41) is 3.49. The minimum atomic E-state index is -3.44. The Labute approximate surface area is 108 Å². The lowest BCUT2D eigenvalue weighted by Gasteiger charge is -2.27. The summed E-state index contributed by atoms with van der Waals surface area (Å²) in [6.45, 7) is 1.35. The molecule has 0 aromatic heterocycles. The van der Waals surface area contributed by atoms with Crippen LogP contribution in [0.5, 0.6) is 0 Å². The second-order valence-electron chi connectivity index (χ2n) is 3.55. The third-order valence-electron chi connectivity index (χ3n) is 2.30. The molecule has 0 aliphatic carbocycles. The number of hydrogen-bond donors (Lipinski definition) is 2. The first-order chi connectivity index (χ1) is 7.49. The zero-order valence-corrected chi connectivity index (χ0v) is 11.4. The van der Waals surface area contributed by atoms with Crippen molar-refractivity contribution in [1.29, 1.82) is 0 Å². The number of nitrogens with one attached hydrogen (secondary N) is 2. The minimum Gasteiger partial charge on any atom is -0.313 e. The molecule has 1 aromatic rings. The normalized spacial score (nSPS) is 17.1. The highest BCUT2D eigenvalue weighted by molar-refractivity contribution is 9.10. The Morgan fingerprint density at radius 3 is 2.62 bits per heavy atom. The van der Waals surface area contributed by atoms with E-state index < -0.39 is 10.0 Å². The molecule has 0 radical (unpaired) electrons. The van der Waals surface area contributed by atoms with E-state index in [1.807, 2.05) is 0 Å². The van der Waals surface area contributed by atoms with Crippen LogP contribution in [0.15, 0.2) is 27.6 Å². The van der Waals surface area contributed by atoms with Gasteiger partial charge in [0.2, 0.25) is 10.0 Å². The standard InChI is InChI=1S/C9H10BrClN2O2S/c10-8-3-7(1-2-9(8)11)16(14,15)13-6-4-12-5-6/h1-3,6,12-13H,4-5H2. The fourth-order valence-corrected chi connectivity index (χ4v) is 3.21. The first-order valence-electron chi connectivity index (χ1n) is 4.67. The Morgan fingerprint density at radius 1 is 1.44 bits per heavy atom. The van der Waals surface area contributed by atoms with Crippen LogP contribution >= 0.6 is 27.5 Å². The van der Waals surface area contributed by atoms with E-state index in [0.29, 0.717) is 22.6 Å². The van der Waals surface area contributed by atoms with E-state index in [1.54, 1.807) is 6.07 Å². The molecule has 0 unspecified atom stereocenters. The van der Waals surface area contributed by atoms with Gasteiger partial charge in [-0.3, -0.25) is 0 Å². The van der Waals surface area contributed by atoms with Crippen molar-refractivity contribution in [2.24, 2.45) is 0 Å².